The van der Waals surface area contributed by atoms with E-state index in [1.165, 1.54) is 28.2 Å². The van der Waals surface area contributed by atoms with E-state index >= 15 is 0 Å². The van der Waals surface area contributed by atoms with Gasteiger partial charge in [0, 0.05) is 17.0 Å². The molecular weight excluding hydrogens is 404 g/mol. The zero-order valence-electron chi connectivity index (χ0n) is 17.7. The molecule has 31 heavy (non-hydrogen) atoms. The number of allylic oxidation sites excluding steroid dienone is 1. The number of aromatic nitrogens is 5. The Kier molecular flexibility index (Phi) is 4.38. The van der Waals surface area contributed by atoms with Crippen molar-refractivity contribution in [2.45, 2.75) is 51.5 Å². The number of rotatable bonds is 4. The third-order valence-corrected chi connectivity index (χ3v) is 7.05. The van der Waals surface area contributed by atoms with Crippen molar-refractivity contribution < 1.29 is 0 Å². The number of nitrogens with zero attached hydrogens (tertiary/aromatic N) is 5. The fourth-order valence-corrected chi connectivity index (χ4v) is 5.35. The Morgan fingerprint density at radius 1 is 1.16 bits per heavy atom. The topological polar surface area (TPSA) is 68.0 Å². The van der Waals surface area contributed by atoms with Gasteiger partial charge in [0.2, 0.25) is 5.95 Å². The summed E-state index contributed by atoms with van der Waals surface area (Å²) in [5.74, 6) is 1.80. The van der Waals surface area contributed by atoms with Crippen LogP contribution in [0.1, 0.15) is 55.7 Å². The Morgan fingerprint density at radius 3 is 2.90 bits per heavy atom. The predicted octanol–water partition coefficient (Wildman–Crippen LogP) is 5.35. The van der Waals surface area contributed by atoms with Crippen LogP contribution >= 0.6 is 11.5 Å². The summed E-state index contributed by atoms with van der Waals surface area (Å²) in [7, 11) is 0. The minimum Gasteiger partial charge on any atom is -0.351 e. The van der Waals surface area contributed by atoms with Crippen LogP contribution < -0.4 is 5.32 Å². The molecule has 156 valence electrons. The van der Waals surface area contributed by atoms with E-state index < -0.39 is 0 Å². The summed E-state index contributed by atoms with van der Waals surface area (Å²) in [5.41, 5.74) is 8.99. The molecule has 0 unspecified atom stereocenters. The van der Waals surface area contributed by atoms with Crippen LogP contribution in [-0.4, -0.2) is 30.0 Å². The summed E-state index contributed by atoms with van der Waals surface area (Å²) in [6.45, 7) is 4.34. The fourth-order valence-electron chi connectivity index (χ4n) is 4.83. The van der Waals surface area contributed by atoms with Crippen LogP contribution in [0.3, 0.4) is 0 Å². The first-order chi connectivity index (χ1) is 15.2. The first kappa shape index (κ1) is 18.7. The molecular formula is C24H24N6S. The minimum atomic E-state index is 0.322. The molecule has 6 rings (SSSR count). The van der Waals surface area contributed by atoms with E-state index in [-0.39, 0.29) is 0 Å². The van der Waals surface area contributed by atoms with E-state index in [9.17, 15) is 0 Å². The second kappa shape index (κ2) is 7.27. The average Bonchev–Trinajstić information content (AvgIpc) is 3.51. The van der Waals surface area contributed by atoms with E-state index in [1.54, 1.807) is 5.57 Å². The molecule has 0 radical (unpaired) electrons. The molecule has 0 fully saturated rings. The number of nitrogens with one attached hydrogen (secondary N) is 1. The number of hydrogen-bond acceptors (Lipinski definition) is 6. The Hall–Kier alpha value is -3.06. The van der Waals surface area contributed by atoms with Gasteiger partial charge in [0.25, 0.3) is 0 Å². The lowest BCUT2D eigenvalue weighted by atomic mass is 9.88. The quantitative estimate of drug-likeness (QED) is 0.475. The van der Waals surface area contributed by atoms with Crippen molar-refractivity contribution in [2.24, 2.45) is 0 Å². The Morgan fingerprint density at radius 2 is 2.06 bits per heavy atom. The molecule has 7 heteroatoms. The molecule has 0 saturated heterocycles. The molecule has 3 aromatic heterocycles. The number of benzene rings is 1. The lowest BCUT2D eigenvalue weighted by molar-refractivity contribution is 0.625. The first-order valence-corrected chi connectivity index (χ1v) is 11.7. The van der Waals surface area contributed by atoms with Gasteiger partial charge in [0.1, 0.15) is 0 Å². The van der Waals surface area contributed by atoms with Crippen LogP contribution in [0, 0.1) is 0 Å². The molecule has 2 aliphatic carbocycles. The summed E-state index contributed by atoms with van der Waals surface area (Å²) in [5, 5.41) is 10.3. The molecule has 4 aromatic rings. The molecule has 2 aliphatic rings. The van der Waals surface area contributed by atoms with E-state index in [1.807, 2.05) is 22.3 Å². The average molecular weight is 429 g/mol. The maximum atomic E-state index is 4.87. The van der Waals surface area contributed by atoms with Gasteiger partial charge in [0.15, 0.2) is 11.5 Å². The first-order valence-electron chi connectivity index (χ1n) is 10.9. The molecule has 0 spiro atoms. The molecule has 1 aromatic carbocycles. The third-order valence-electron chi connectivity index (χ3n) is 6.46. The van der Waals surface area contributed by atoms with Crippen molar-refractivity contribution in [1.82, 2.24) is 24.0 Å². The van der Waals surface area contributed by atoms with Crippen LogP contribution in [0.15, 0.2) is 47.6 Å². The zero-order valence-corrected chi connectivity index (χ0v) is 18.5. The summed E-state index contributed by atoms with van der Waals surface area (Å²) >= 11 is 1.42. The van der Waals surface area contributed by atoms with Gasteiger partial charge in [-0.2, -0.15) is 14.6 Å². The highest BCUT2D eigenvalue weighted by atomic mass is 32.1. The Bertz CT molecular complexity index is 1300. The predicted molar refractivity (Wildman–Crippen MR) is 124 cm³/mol. The van der Waals surface area contributed by atoms with E-state index in [2.05, 4.69) is 52.9 Å². The van der Waals surface area contributed by atoms with Crippen molar-refractivity contribution in [1.29, 1.82) is 0 Å². The van der Waals surface area contributed by atoms with Gasteiger partial charge in [-0.3, -0.25) is 0 Å². The van der Waals surface area contributed by atoms with Crippen LogP contribution in [0.2, 0.25) is 0 Å². The summed E-state index contributed by atoms with van der Waals surface area (Å²) in [4.78, 5) is 9.71. The van der Waals surface area contributed by atoms with Crippen LogP contribution in [-0.2, 0) is 6.42 Å². The highest BCUT2D eigenvalue weighted by molar-refractivity contribution is 7.03. The normalized spacial score (nSPS) is 18.0. The van der Waals surface area contributed by atoms with Crippen molar-refractivity contribution in [2.75, 3.05) is 5.32 Å². The van der Waals surface area contributed by atoms with Gasteiger partial charge in [-0.25, -0.2) is 9.36 Å². The molecule has 1 atom stereocenters. The smallest absolute Gasteiger partial charge is 0.228 e. The maximum absolute atomic E-state index is 4.87. The lowest BCUT2D eigenvalue weighted by Crippen LogP contribution is -2.25. The van der Waals surface area contributed by atoms with E-state index in [0.29, 0.717) is 17.8 Å². The SMILES string of the molecule is CC(C)c1cnn2c(N[C@@H]3CCC4=C(C3)c3ccccc3C4)nc(-c3cnsc3)nc12. The van der Waals surface area contributed by atoms with Crippen molar-refractivity contribution in [3.8, 4) is 11.4 Å². The van der Waals surface area contributed by atoms with Gasteiger partial charge in [0.05, 0.1) is 18.0 Å². The minimum absolute atomic E-state index is 0.322. The van der Waals surface area contributed by atoms with Crippen LogP contribution in [0.4, 0.5) is 5.95 Å². The molecule has 1 N–H and O–H groups in total. The monoisotopic (exact) mass is 428 g/mol. The standard InChI is InChI=1S/C24H24N6S/c1-14(2)21-12-25-30-23(21)28-22(17-11-26-31-13-17)29-24(30)27-18-8-7-16-9-15-5-3-4-6-19(15)20(16)10-18/h3-6,11-14,18H,7-10H2,1-2H3,(H,27,28,29)/t18-/m1/s1. The van der Waals surface area contributed by atoms with E-state index in [4.69, 9.17) is 9.97 Å². The Balaban J connectivity index is 1.37. The molecule has 0 aliphatic heterocycles. The van der Waals surface area contributed by atoms with E-state index in [0.717, 1.165) is 48.4 Å². The molecule has 0 amide bonds. The summed E-state index contributed by atoms with van der Waals surface area (Å²) in [6, 6.07) is 9.16. The highest BCUT2D eigenvalue weighted by Gasteiger charge is 2.29. The largest absolute Gasteiger partial charge is 0.351 e. The van der Waals surface area contributed by atoms with Gasteiger partial charge in [-0.05, 0) is 59.8 Å². The molecule has 3 heterocycles. The van der Waals surface area contributed by atoms with Gasteiger partial charge >= 0.3 is 0 Å². The molecule has 0 bridgehead atoms. The van der Waals surface area contributed by atoms with Crippen molar-refractivity contribution in [3.63, 3.8) is 0 Å². The Labute approximate surface area is 185 Å². The lowest BCUT2D eigenvalue weighted by Gasteiger charge is -2.26. The van der Waals surface area contributed by atoms with Crippen LogP contribution in [0.5, 0.6) is 0 Å². The number of fused-ring (bicyclic) bond motifs is 3. The van der Waals surface area contributed by atoms with Crippen LogP contribution in [0.25, 0.3) is 22.6 Å². The molecule has 0 saturated carbocycles. The van der Waals surface area contributed by atoms with Gasteiger partial charge < -0.3 is 5.32 Å². The second-order valence-corrected chi connectivity index (χ2v) is 9.43. The molecule has 6 nitrogen and oxygen atoms in total. The third kappa shape index (κ3) is 3.15. The maximum Gasteiger partial charge on any atom is 0.228 e. The summed E-state index contributed by atoms with van der Waals surface area (Å²) < 4.78 is 6.11. The van der Waals surface area contributed by atoms with Gasteiger partial charge in [-0.1, -0.05) is 43.7 Å². The fraction of sp³-hybridized carbons (Fsp3) is 0.333. The highest BCUT2D eigenvalue weighted by Crippen LogP contribution is 2.42. The van der Waals surface area contributed by atoms with Crippen molar-refractivity contribution >= 4 is 28.7 Å². The summed E-state index contributed by atoms with van der Waals surface area (Å²) in [6.07, 6.45) is 8.12. The second-order valence-electron chi connectivity index (χ2n) is 8.77. The number of hydrogen-bond donors (Lipinski definition) is 1. The van der Waals surface area contributed by atoms with Crippen molar-refractivity contribution in [3.05, 3.63) is 64.3 Å². The number of anilines is 1. The van der Waals surface area contributed by atoms with Gasteiger partial charge in [-0.15, -0.1) is 0 Å². The zero-order chi connectivity index (χ0) is 20.9.